The molecule has 2 aromatic carbocycles. The van der Waals surface area contributed by atoms with Crippen molar-refractivity contribution in [1.29, 1.82) is 0 Å². The predicted molar refractivity (Wildman–Crippen MR) is 105 cm³/mol. The standard InChI is InChI=1S/C22H20F3N3O2/c1-30-17-11-9-16(10-12-17)28-20-4-2-3-19(18(20)13-26-28)27-21(29)14-5-7-15(8-6-14)22(23,24)25/h5-13,19H,2-4H2,1H3,(H,27,29). The Hall–Kier alpha value is -3.29. The Bertz CT molecular complexity index is 1040. The van der Waals surface area contributed by atoms with Gasteiger partial charge in [0, 0.05) is 16.8 Å². The summed E-state index contributed by atoms with van der Waals surface area (Å²) < 4.78 is 45.2. The Labute approximate surface area is 171 Å². The van der Waals surface area contributed by atoms with Gasteiger partial charge in [-0.05, 0) is 67.8 Å². The van der Waals surface area contributed by atoms with Crippen LogP contribution in [0.2, 0.25) is 0 Å². The Morgan fingerprint density at radius 1 is 1.13 bits per heavy atom. The summed E-state index contributed by atoms with van der Waals surface area (Å²) in [5.74, 6) is 0.347. The second kappa shape index (κ2) is 7.85. The number of amides is 1. The summed E-state index contributed by atoms with van der Waals surface area (Å²) in [7, 11) is 1.61. The van der Waals surface area contributed by atoms with E-state index in [9.17, 15) is 18.0 Å². The van der Waals surface area contributed by atoms with E-state index >= 15 is 0 Å². The van der Waals surface area contributed by atoms with E-state index in [4.69, 9.17) is 4.74 Å². The highest BCUT2D eigenvalue weighted by molar-refractivity contribution is 5.94. The molecule has 1 atom stereocenters. The summed E-state index contributed by atoms with van der Waals surface area (Å²) in [5.41, 5.74) is 2.26. The Kier molecular flexibility index (Phi) is 5.24. The molecule has 3 aromatic rings. The van der Waals surface area contributed by atoms with Gasteiger partial charge in [0.15, 0.2) is 0 Å². The molecule has 1 aliphatic carbocycles. The van der Waals surface area contributed by atoms with Gasteiger partial charge in [0.1, 0.15) is 5.75 Å². The lowest BCUT2D eigenvalue weighted by molar-refractivity contribution is -0.137. The highest BCUT2D eigenvalue weighted by Gasteiger charge is 2.31. The number of benzene rings is 2. The molecule has 1 heterocycles. The predicted octanol–water partition coefficient (Wildman–Crippen LogP) is 4.71. The third kappa shape index (κ3) is 3.90. The highest BCUT2D eigenvalue weighted by Crippen LogP contribution is 2.32. The third-order valence-corrected chi connectivity index (χ3v) is 5.28. The van der Waals surface area contributed by atoms with E-state index in [1.807, 2.05) is 28.9 Å². The quantitative estimate of drug-likeness (QED) is 0.672. The topological polar surface area (TPSA) is 56.1 Å². The number of rotatable bonds is 4. The molecule has 1 N–H and O–H groups in total. The van der Waals surface area contributed by atoms with Gasteiger partial charge in [-0.25, -0.2) is 4.68 Å². The summed E-state index contributed by atoms with van der Waals surface area (Å²) in [5, 5.41) is 7.43. The lowest BCUT2D eigenvalue weighted by atomic mass is 9.92. The van der Waals surface area contributed by atoms with Gasteiger partial charge in [-0.2, -0.15) is 18.3 Å². The number of aromatic nitrogens is 2. The number of fused-ring (bicyclic) bond motifs is 1. The third-order valence-electron chi connectivity index (χ3n) is 5.28. The van der Waals surface area contributed by atoms with Crippen LogP contribution in [0.1, 0.15) is 46.1 Å². The van der Waals surface area contributed by atoms with Gasteiger partial charge in [0.05, 0.1) is 30.6 Å². The molecule has 156 valence electrons. The van der Waals surface area contributed by atoms with Crippen LogP contribution in [-0.4, -0.2) is 22.8 Å². The molecule has 1 unspecified atom stereocenters. The van der Waals surface area contributed by atoms with E-state index in [1.165, 1.54) is 12.1 Å². The molecule has 4 rings (SSSR count). The first-order valence-electron chi connectivity index (χ1n) is 9.56. The van der Waals surface area contributed by atoms with Crippen LogP contribution >= 0.6 is 0 Å². The van der Waals surface area contributed by atoms with Crippen molar-refractivity contribution in [2.75, 3.05) is 7.11 Å². The van der Waals surface area contributed by atoms with Crippen LogP contribution in [0.25, 0.3) is 5.69 Å². The number of carbonyl (C=O) groups is 1. The largest absolute Gasteiger partial charge is 0.497 e. The van der Waals surface area contributed by atoms with E-state index < -0.39 is 17.6 Å². The molecule has 0 bridgehead atoms. The van der Waals surface area contributed by atoms with E-state index in [-0.39, 0.29) is 11.6 Å². The second-order valence-electron chi connectivity index (χ2n) is 7.15. The van der Waals surface area contributed by atoms with Crippen LogP contribution in [0.3, 0.4) is 0 Å². The van der Waals surface area contributed by atoms with Crippen molar-refractivity contribution >= 4 is 5.91 Å². The van der Waals surface area contributed by atoms with Crippen LogP contribution in [0.4, 0.5) is 13.2 Å². The smallest absolute Gasteiger partial charge is 0.416 e. The summed E-state index contributed by atoms with van der Waals surface area (Å²) in [6, 6.07) is 11.5. The highest BCUT2D eigenvalue weighted by atomic mass is 19.4. The van der Waals surface area contributed by atoms with Crippen molar-refractivity contribution in [2.45, 2.75) is 31.5 Å². The lowest BCUT2D eigenvalue weighted by Gasteiger charge is -2.24. The van der Waals surface area contributed by atoms with Crippen LogP contribution in [-0.2, 0) is 12.6 Å². The summed E-state index contributed by atoms with van der Waals surface area (Å²) in [4.78, 5) is 12.6. The number of alkyl halides is 3. The number of nitrogens with one attached hydrogen (secondary N) is 1. The molecule has 8 heteroatoms. The minimum absolute atomic E-state index is 0.192. The second-order valence-corrected chi connectivity index (χ2v) is 7.15. The Balaban J connectivity index is 1.53. The summed E-state index contributed by atoms with van der Waals surface area (Å²) in [6.07, 6.45) is -0.242. The molecule has 0 spiro atoms. The fraction of sp³-hybridized carbons (Fsp3) is 0.273. The van der Waals surface area contributed by atoms with E-state index in [1.54, 1.807) is 13.3 Å². The number of nitrogens with zero attached hydrogens (tertiary/aromatic N) is 2. The summed E-state index contributed by atoms with van der Waals surface area (Å²) >= 11 is 0. The maximum atomic E-state index is 12.7. The SMILES string of the molecule is COc1ccc(-n2ncc3c2CCCC3NC(=O)c2ccc(C(F)(F)F)cc2)cc1. The Morgan fingerprint density at radius 3 is 2.47 bits per heavy atom. The molecule has 1 aromatic heterocycles. The van der Waals surface area contributed by atoms with E-state index in [2.05, 4.69) is 10.4 Å². The zero-order valence-corrected chi connectivity index (χ0v) is 16.2. The maximum absolute atomic E-state index is 12.7. The molecule has 30 heavy (non-hydrogen) atoms. The minimum atomic E-state index is -4.43. The zero-order chi connectivity index (χ0) is 21.3. The molecule has 1 amide bonds. The normalized spacial score (nSPS) is 16.1. The minimum Gasteiger partial charge on any atom is -0.497 e. The average Bonchev–Trinajstić information content (AvgIpc) is 3.18. The van der Waals surface area contributed by atoms with Crippen molar-refractivity contribution in [3.8, 4) is 11.4 Å². The number of methoxy groups -OCH3 is 1. The maximum Gasteiger partial charge on any atom is 0.416 e. The molecule has 0 saturated heterocycles. The van der Waals surface area contributed by atoms with Crippen molar-refractivity contribution < 1.29 is 22.7 Å². The number of hydrogen-bond donors (Lipinski definition) is 1. The van der Waals surface area contributed by atoms with Crippen LogP contribution < -0.4 is 10.1 Å². The molecular weight excluding hydrogens is 395 g/mol. The summed E-state index contributed by atoms with van der Waals surface area (Å²) in [6.45, 7) is 0. The number of hydrogen-bond acceptors (Lipinski definition) is 3. The monoisotopic (exact) mass is 415 g/mol. The lowest BCUT2D eigenvalue weighted by Crippen LogP contribution is -2.31. The van der Waals surface area contributed by atoms with Crippen molar-refractivity contribution in [3.63, 3.8) is 0 Å². The first-order valence-corrected chi connectivity index (χ1v) is 9.56. The van der Waals surface area contributed by atoms with Gasteiger partial charge in [-0.15, -0.1) is 0 Å². The average molecular weight is 415 g/mol. The van der Waals surface area contributed by atoms with Crippen molar-refractivity contribution in [1.82, 2.24) is 15.1 Å². The Morgan fingerprint density at radius 2 is 1.83 bits per heavy atom. The van der Waals surface area contributed by atoms with Gasteiger partial charge >= 0.3 is 6.18 Å². The van der Waals surface area contributed by atoms with Crippen molar-refractivity contribution in [2.24, 2.45) is 0 Å². The molecule has 5 nitrogen and oxygen atoms in total. The molecule has 0 aliphatic heterocycles. The van der Waals surface area contributed by atoms with Gasteiger partial charge in [-0.1, -0.05) is 0 Å². The zero-order valence-electron chi connectivity index (χ0n) is 16.2. The van der Waals surface area contributed by atoms with Gasteiger partial charge in [0.25, 0.3) is 5.91 Å². The van der Waals surface area contributed by atoms with Gasteiger partial charge in [-0.3, -0.25) is 4.79 Å². The van der Waals surface area contributed by atoms with E-state index in [0.29, 0.717) is 0 Å². The fourth-order valence-electron chi connectivity index (χ4n) is 3.70. The molecule has 0 radical (unpaired) electrons. The number of carbonyl (C=O) groups excluding carboxylic acids is 1. The van der Waals surface area contributed by atoms with E-state index in [0.717, 1.165) is 54.1 Å². The molecule has 1 aliphatic rings. The number of ether oxygens (including phenoxy) is 1. The first kappa shape index (κ1) is 20.0. The first-order chi connectivity index (χ1) is 14.4. The van der Waals surface area contributed by atoms with Crippen LogP contribution in [0.15, 0.2) is 54.7 Å². The number of halogens is 3. The van der Waals surface area contributed by atoms with Crippen LogP contribution in [0, 0.1) is 0 Å². The van der Waals surface area contributed by atoms with Crippen LogP contribution in [0.5, 0.6) is 5.75 Å². The molecule has 0 saturated carbocycles. The van der Waals surface area contributed by atoms with Gasteiger partial charge < -0.3 is 10.1 Å². The fourth-order valence-corrected chi connectivity index (χ4v) is 3.70. The van der Waals surface area contributed by atoms with Crippen molar-refractivity contribution in [3.05, 3.63) is 77.1 Å². The van der Waals surface area contributed by atoms with Gasteiger partial charge in [0.2, 0.25) is 0 Å². The molecular formula is C22H20F3N3O2. The molecule has 0 fully saturated rings.